The van der Waals surface area contributed by atoms with E-state index in [-0.39, 0.29) is 23.5 Å². The predicted octanol–water partition coefficient (Wildman–Crippen LogP) is 5.97. The summed E-state index contributed by atoms with van der Waals surface area (Å²) in [7, 11) is 0. The van der Waals surface area contributed by atoms with Crippen molar-refractivity contribution in [1.82, 2.24) is 5.32 Å². The van der Waals surface area contributed by atoms with Crippen molar-refractivity contribution in [1.29, 1.82) is 0 Å². The largest absolute Gasteiger partial charge is 0.493 e. The molecular weight excluding hydrogens is 405 g/mol. The molecule has 0 aliphatic rings. The molecule has 0 heterocycles. The second kappa shape index (κ2) is 9.73. The van der Waals surface area contributed by atoms with Crippen LogP contribution in [0.25, 0.3) is 6.08 Å². The van der Waals surface area contributed by atoms with Gasteiger partial charge in [-0.15, -0.1) is 0 Å². The summed E-state index contributed by atoms with van der Waals surface area (Å²) < 4.78 is 71.5. The Kier molecular flexibility index (Phi) is 7.59. The van der Waals surface area contributed by atoms with Gasteiger partial charge in [-0.25, -0.2) is 8.78 Å². The van der Waals surface area contributed by atoms with Gasteiger partial charge < -0.3 is 10.1 Å². The van der Waals surface area contributed by atoms with Crippen molar-refractivity contribution in [2.75, 3.05) is 6.61 Å². The number of alkyl halides is 3. The molecule has 0 spiro atoms. The molecule has 1 amide bonds. The van der Waals surface area contributed by atoms with Crippen LogP contribution in [0.1, 0.15) is 48.6 Å². The average molecular weight is 427 g/mol. The summed E-state index contributed by atoms with van der Waals surface area (Å²) in [6.45, 7) is 4.84. The zero-order valence-corrected chi connectivity index (χ0v) is 16.7. The highest BCUT2D eigenvalue weighted by atomic mass is 19.4. The van der Waals surface area contributed by atoms with Crippen LogP contribution in [-0.2, 0) is 11.0 Å². The number of carbonyl (C=O) groups is 1. The highest BCUT2D eigenvalue weighted by molar-refractivity contribution is 5.92. The number of halogens is 5. The minimum atomic E-state index is -4.52. The third-order valence-electron chi connectivity index (χ3n) is 4.49. The minimum absolute atomic E-state index is 0.00825. The maximum absolute atomic E-state index is 13.8. The van der Waals surface area contributed by atoms with Crippen molar-refractivity contribution < 1.29 is 31.5 Å². The molecule has 0 saturated heterocycles. The summed E-state index contributed by atoms with van der Waals surface area (Å²) in [6, 6.07) is 4.67. The van der Waals surface area contributed by atoms with Gasteiger partial charge in [-0.1, -0.05) is 13.0 Å². The van der Waals surface area contributed by atoms with Gasteiger partial charge in [0.05, 0.1) is 18.2 Å². The van der Waals surface area contributed by atoms with Crippen molar-refractivity contribution in [2.24, 2.45) is 0 Å². The Hall–Kier alpha value is -2.90. The molecular formula is C22H22F5NO2. The SMILES string of the molecule is CCOc1cc(C(F)(F)F)ccc1/C=C/C(=O)N[C@H](CC)c1cc(F)c(C)c(F)c1. The smallest absolute Gasteiger partial charge is 0.416 e. The van der Waals surface area contributed by atoms with Crippen molar-refractivity contribution in [2.45, 2.75) is 39.4 Å². The van der Waals surface area contributed by atoms with Gasteiger partial charge in [-0.05, 0) is 56.2 Å². The summed E-state index contributed by atoms with van der Waals surface area (Å²) in [5.74, 6) is -1.99. The third-order valence-corrected chi connectivity index (χ3v) is 4.49. The number of hydrogen-bond donors (Lipinski definition) is 1. The first-order chi connectivity index (χ1) is 14.1. The van der Waals surface area contributed by atoms with E-state index in [4.69, 9.17) is 4.74 Å². The first-order valence-electron chi connectivity index (χ1n) is 9.35. The summed E-state index contributed by atoms with van der Waals surface area (Å²) in [4.78, 5) is 12.3. The fourth-order valence-electron chi connectivity index (χ4n) is 2.80. The molecule has 0 aliphatic heterocycles. The molecule has 0 unspecified atom stereocenters. The van der Waals surface area contributed by atoms with Crippen LogP contribution in [-0.4, -0.2) is 12.5 Å². The van der Waals surface area contributed by atoms with Crippen molar-refractivity contribution in [3.8, 4) is 5.75 Å². The fraction of sp³-hybridized carbons (Fsp3) is 0.318. The second-order valence-electron chi connectivity index (χ2n) is 6.60. The Labute approximate surface area is 171 Å². The van der Waals surface area contributed by atoms with E-state index in [1.165, 1.54) is 31.2 Å². The second-order valence-corrected chi connectivity index (χ2v) is 6.60. The molecule has 2 aromatic carbocycles. The van der Waals surface area contributed by atoms with Crippen molar-refractivity contribution in [3.05, 3.63) is 70.3 Å². The fourth-order valence-corrected chi connectivity index (χ4v) is 2.80. The van der Waals surface area contributed by atoms with Gasteiger partial charge in [0, 0.05) is 17.2 Å². The van der Waals surface area contributed by atoms with E-state index in [1.54, 1.807) is 13.8 Å². The monoisotopic (exact) mass is 427 g/mol. The zero-order valence-electron chi connectivity index (χ0n) is 16.7. The Morgan fingerprint density at radius 1 is 1.13 bits per heavy atom. The lowest BCUT2D eigenvalue weighted by Crippen LogP contribution is -2.26. The van der Waals surface area contributed by atoms with Gasteiger partial charge in [-0.3, -0.25) is 4.79 Å². The van der Waals surface area contributed by atoms with Crippen LogP contribution in [0.4, 0.5) is 22.0 Å². The molecule has 0 aromatic heterocycles. The molecule has 2 aromatic rings. The summed E-state index contributed by atoms with van der Waals surface area (Å²) in [6.07, 6.45) is -1.68. The van der Waals surface area contributed by atoms with Crippen LogP contribution in [0.2, 0.25) is 0 Å². The van der Waals surface area contributed by atoms with E-state index >= 15 is 0 Å². The van der Waals surface area contributed by atoms with E-state index in [0.29, 0.717) is 12.0 Å². The first kappa shape index (κ1) is 23.4. The Morgan fingerprint density at radius 3 is 2.30 bits per heavy atom. The summed E-state index contributed by atoms with van der Waals surface area (Å²) in [5, 5.41) is 2.63. The van der Waals surface area contributed by atoms with E-state index in [9.17, 15) is 26.7 Å². The molecule has 1 N–H and O–H groups in total. The average Bonchev–Trinajstić information content (AvgIpc) is 2.68. The van der Waals surface area contributed by atoms with Crippen LogP contribution in [0.3, 0.4) is 0 Å². The Balaban J connectivity index is 2.20. The summed E-state index contributed by atoms with van der Waals surface area (Å²) >= 11 is 0. The minimum Gasteiger partial charge on any atom is -0.493 e. The Bertz CT molecular complexity index is 915. The van der Waals surface area contributed by atoms with E-state index in [0.717, 1.165) is 18.2 Å². The van der Waals surface area contributed by atoms with Crippen LogP contribution < -0.4 is 10.1 Å². The lowest BCUT2D eigenvalue weighted by molar-refractivity contribution is -0.137. The van der Waals surface area contributed by atoms with Crippen LogP contribution in [0.5, 0.6) is 5.75 Å². The molecule has 0 bridgehead atoms. The standard InChI is InChI=1S/C22H22F5NO2/c1-4-19(15-10-17(23)13(3)18(24)11-15)28-21(29)9-7-14-6-8-16(22(25,26)27)12-20(14)30-5-2/h6-12,19H,4-5H2,1-3H3,(H,28,29)/b9-7+/t19-/m1/s1. The highest BCUT2D eigenvalue weighted by Crippen LogP contribution is 2.33. The molecule has 162 valence electrons. The number of nitrogens with one attached hydrogen (secondary N) is 1. The number of carbonyl (C=O) groups excluding carboxylic acids is 1. The van der Waals surface area contributed by atoms with Gasteiger partial charge in [0.15, 0.2) is 0 Å². The zero-order chi connectivity index (χ0) is 22.5. The number of amides is 1. The number of benzene rings is 2. The predicted molar refractivity (Wildman–Crippen MR) is 104 cm³/mol. The van der Waals surface area contributed by atoms with Gasteiger partial charge in [0.25, 0.3) is 0 Å². The van der Waals surface area contributed by atoms with Crippen molar-refractivity contribution >= 4 is 12.0 Å². The van der Waals surface area contributed by atoms with Gasteiger partial charge in [0.2, 0.25) is 5.91 Å². The topological polar surface area (TPSA) is 38.3 Å². The molecule has 1 atom stereocenters. The lowest BCUT2D eigenvalue weighted by Gasteiger charge is -2.17. The number of hydrogen-bond acceptors (Lipinski definition) is 2. The first-order valence-corrected chi connectivity index (χ1v) is 9.35. The maximum Gasteiger partial charge on any atom is 0.416 e. The van der Waals surface area contributed by atoms with Crippen LogP contribution in [0, 0.1) is 18.6 Å². The van der Waals surface area contributed by atoms with Gasteiger partial charge in [-0.2, -0.15) is 13.2 Å². The van der Waals surface area contributed by atoms with Crippen LogP contribution in [0.15, 0.2) is 36.4 Å². The quantitative estimate of drug-likeness (QED) is 0.437. The molecule has 0 radical (unpaired) electrons. The highest BCUT2D eigenvalue weighted by Gasteiger charge is 2.31. The van der Waals surface area contributed by atoms with E-state index in [2.05, 4.69) is 5.32 Å². The van der Waals surface area contributed by atoms with Gasteiger partial charge in [0.1, 0.15) is 17.4 Å². The molecule has 30 heavy (non-hydrogen) atoms. The molecule has 2 rings (SSSR count). The number of ether oxygens (including phenoxy) is 1. The van der Waals surface area contributed by atoms with Crippen LogP contribution >= 0.6 is 0 Å². The van der Waals surface area contributed by atoms with Gasteiger partial charge >= 0.3 is 6.18 Å². The molecule has 0 aliphatic carbocycles. The normalized spacial score (nSPS) is 12.8. The van der Waals surface area contributed by atoms with Crippen molar-refractivity contribution in [3.63, 3.8) is 0 Å². The number of rotatable bonds is 7. The summed E-state index contributed by atoms with van der Waals surface area (Å²) in [5.41, 5.74) is -0.391. The van der Waals surface area contributed by atoms with E-state index in [1.807, 2.05) is 0 Å². The maximum atomic E-state index is 13.8. The molecule has 3 nitrogen and oxygen atoms in total. The molecule has 8 heteroatoms. The van der Waals surface area contributed by atoms with E-state index < -0.39 is 35.3 Å². The third kappa shape index (κ3) is 5.81. The molecule has 0 fully saturated rings. The lowest BCUT2D eigenvalue weighted by atomic mass is 10.0. The Morgan fingerprint density at radius 2 is 1.77 bits per heavy atom. The molecule has 0 saturated carbocycles.